The van der Waals surface area contributed by atoms with Gasteiger partial charge in [0.15, 0.2) is 5.82 Å². The van der Waals surface area contributed by atoms with Crippen LogP contribution in [0.15, 0.2) is 30.3 Å². The Balaban J connectivity index is 1.50. The lowest BCUT2D eigenvalue weighted by molar-refractivity contribution is -0.132. The molecule has 1 saturated heterocycles. The van der Waals surface area contributed by atoms with Crippen LogP contribution in [0.1, 0.15) is 63.1 Å². The van der Waals surface area contributed by atoms with Gasteiger partial charge in [0, 0.05) is 56.7 Å². The first-order valence-corrected chi connectivity index (χ1v) is 12.8. The highest BCUT2D eigenvalue weighted by Crippen LogP contribution is 2.30. The molecule has 33 heavy (non-hydrogen) atoms. The van der Waals surface area contributed by atoms with E-state index in [1.165, 1.54) is 25.7 Å². The number of hydrogen-bond donors (Lipinski definition) is 0. The fraction of sp³-hybridized carbons (Fsp3) is 0.593. The number of aromatic nitrogens is 2. The number of fused-ring (bicyclic) bond motifs is 1. The summed E-state index contributed by atoms with van der Waals surface area (Å²) in [6.07, 6.45) is 8.72. The van der Waals surface area contributed by atoms with Crippen molar-refractivity contribution >= 4 is 11.7 Å². The van der Waals surface area contributed by atoms with E-state index in [-0.39, 0.29) is 5.91 Å². The zero-order valence-corrected chi connectivity index (χ0v) is 20.4. The molecule has 178 valence electrons. The summed E-state index contributed by atoms with van der Waals surface area (Å²) in [5.74, 6) is 2.12. The maximum atomic E-state index is 13.0. The normalized spacial score (nSPS) is 16.7. The molecule has 6 nitrogen and oxygen atoms in total. The molecule has 0 unspecified atom stereocenters. The Hall–Kier alpha value is -2.47. The molecule has 0 spiro atoms. The number of carbonyl (C=O) groups is 1. The molecule has 0 atom stereocenters. The number of benzene rings is 1. The molecule has 3 heterocycles. The van der Waals surface area contributed by atoms with Crippen LogP contribution in [0.3, 0.4) is 0 Å². The number of piperazine rings is 1. The molecule has 0 saturated carbocycles. The van der Waals surface area contributed by atoms with Gasteiger partial charge in [-0.1, -0.05) is 69.4 Å². The van der Waals surface area contributed by atoms with Gasteiger partial charge in [-0.2, -0.15) is 0 Å². The number of carbonyl (C=O) groups excluding carboxylic acids is 1. The molecule has 1 fully saturated rings. The number of amides is 1. The molecular weight excluding hydrogens is 410 g/mol. The molecule has 0 bridgehead atoms. The Labute approximate surface area is 199 Å². The average molecular weight is 450 g/mol. The molecule has 0 radical (unpaired) electrons. The highest BCUT2D eigenvalue weighted by molar-refractivity contribution is 5.77. The number of hydrogen-bond acceptors (Lipinski definition) is 5. The molecule has 1 aromatic carbocycles. The van der Waals surface area contributed by atoms with Crippen molar-refractivity contribution < 1.29 is 4.79 Å². The Morgan fingerprint density at radius 1 is 0.909 bits per heavy atom. The zero-order chi connectivity index (χ0) is 23.0. The molecule has 2 aliphatic rings. The van der Waals surface area contributed by atoms with Crippen molar-refractivity contribution in [1.82, 2.24) is 19.8 Å². The summed E-state index contributed by atoms with van der Waals surface area (Å²) in [6, 6.07) is 10.3. The lowest BCUT2D eigenvalue weighted by Gasteiger charge is -2.37. The molecule has 0 aliphatic carbocycles. The summed E-state index contributed by atoms with van der Waals surface area (Å²) in [6.45, 7) is 7.61. The van der Waals surface area contributed by atoms with Crippen LogP contribution in [0.25, 0.3) is 11.4 Å². The van der Waals surface area contributed by atoms with Crippen LogP contribution >= 0.6 is 0 Å². The first-order valence-electron chi connectivity index (χ1n) is 12.8. The summed E-state index contributed by atoms with van der Waals surface area (Å²) >= 11 is 0. The number of nitrogens with zero attached hydrogens (tertiary/aromatic N) is 5. The Bertz CT molecular complexity index is 908. The molecule has 1 amide bonds. The standard InChI is InChI=1S/C27H39N5O/c1-3-4-5-6-7-11-14-25(33)32-16-15-24-23(21-32)27(31-19-17-30(2)18-20-31)29-26(28-24)22-12-9-8-10-13-22/h8-10,12-13H,3-7,11,14-21H2,1-2H3. The molecule has 4 rings (SSSR count). The van der Waals surface area contributed by atoms with Crippen molar-refractivity contribution in [2.24, 2.45) is 0 Å². The zero-order valence-electron chi connectivity index (χ0n) is 20.4. The predicted molar refractivity (Wildman–Crippen MR) is 134 cm³/mol. The van der Waals surface area contributed by atoms with E-state index in [9.17, 15) is 4.79 Å². The van der Waals surface area contributed by atoms with Crippen LogP contribution in [-0.4, -0.2) is 65.4 Å². The van der Waals surface area contributed by atoms with E-state index in [1.54, 1.807) is 0 Å². The largest absolute Gasteiger partial charge is 0.354 e. The van der Waals surface area contributed by atoms with E-state index in [2.05, 4.69) is 35.9 Å². The molecular formula is C27H39N5O. The highest BCUT2D eigenvalue weighted by atomic mass is 16.2. The first-order chi connectivity index (χ1) is 16.2. The van der Waals surface area contributed by atoms with E-state index < -0.39 is 0 Å². The maximum Gasteiger partial charge on any atom is 0.222 e. The topological polar surface area (TPSA) is 52.6 Å². The summed E-state index contributed by atoms with van der Waals surface area (Å²) in [7, 11) is 2.17. The van der Waals surface area contributed by atoms with E-state index in [0.29, 0.717) is 13.0 Å². The number of rotatable bonds is 9. The van der Waals surface area contributed by atoms with Crippen molar-refractivity contribution in [3.63, 3.8) is 0 Å². The first kappa shape index (κ1) is 23.7. The fourth-order valence-electron chi connectivity index (χ4n) is 4.82. The van der Waals surface area contributed by atoms with E-state index >= 15 is 0 Å². The van der Waals surface area contributed by atoms with Crippen LogP contribution in [0, 0.1) is 0 Å². The third-order valence-corrected chi connectivity index (χ3v) is 6.97. The molecule has 2 aromatic rings. The second-order valence-electron chi connectivity index (χ2n) is 9.54. The van der Waals surface area contributed by atoms with Gasteiger partial charge in [0.2, 0.25) is 5.91 Å². The predicted octanol–water partition coefficient (Wildman–Crippen LogP) is 4.53. The second-order valence-corrected chi connectivity index (χ2v) is 9.54. The van der Waals surface area contributed by atoms with Crippen molar-refractivity contribution in [2.45, 2.75) is 64.8 Å². The van der Waals surface area contributed by atoms with Gasteiger partial charge in [-0.15, -0.1) is 0 Å². The maximum absolute atomic E-state index is 13.0. The van der Waals surface area contributed by atoms with Gasteiger partial charge in [-0.05, 0) is 13.5 Å². The van der Waals surface area contributed by atoms with Crippen LogP contribution < -0.4 is 4.90 Å². The van der Waals surface area contributed by atoms with Gasteiger partial charge in [-0.3, -0.25) is 4.79 Å². The van der Waals surface area contributed by atoms with Gasteiger partial charge in [0.1, 0.15) is 5.82 Å². The minimum atomic E-state index is 0.285. The Kier molecular flexibility index (Phi) is 8.32. The molecule has 6 heteroatoms. The minimum Gasteiger partial charge on any atom is -0.354 e. The third-order valence-electron chi connectivity index (χ3n) is 6.97. The summed E-state index contributed by atoms with van der Waals surface area (Å²) in [5, 5.41) is 0. The number of anilines is 1. The Morgan fingerprint density at radius 3 is 2.39 bits per heavy atom. The number of likely N-dealkylation sites (N-methyl/N-ethyl adjacent to an activating group) is 1. The Morgan fingerprint density at radius 2 is 1.64 bits per heavy atom. The van der Waals surface area contributed by atoms with Gasteiger partial charge in [0.25, 0.3) is 0 Å². The average Bonchev–Trinajstić information content (AvgIpc) is 2.86. The van der Waals surface area contributed by atoms with Crippen LogP contribution in [0.4, 0.5) is 5.82 Å². The molecule has 1 aromatic heterocycles. The summed E-state index contributed by atoms with van der Waals surface area (Å²) in [5.41, 5.74) is 3.32. The lowest BCUT2D eigenvalue weighted by atomic mass is 10.0. The van der Waals surface area contributed by atoms with Crippen LogP contribution in [0.5, 0.6) is 0 Å². The van der Waals surface area contributed by atoms with Gasteiger partial charge < -0.3 is 14.7 Å². The van der Waals surface area contributed by atoms with Crippen LogP contribution in [-0.2, 0) is 17.8 Å². The van der Waals surface area contributed by atoms with Crippen LogP contribution in [0.2, 0.25) is 0 Å². The fourth-order valence-corrected chi connectivity index (χ4v) is 4.82. The van der Waals surface area contributed by atoms with Gasteiger partial charge in [0.05, 0.1) is 12.2 Å². The summed E-state index contributed by atoms with van der Waals surface area (Å²) in [4.78, 5) is 29.8. The highest BCUT2D eigenvalue weighted by Gasteiger charge is 2.28. The van der Waals surface area contributed by atoms with Gasteiger partial charge in [-0.25, -0.2) is 9.97 Å². The minimum absolute atomic E-state index is 0.285. The molecule has 0 N–H and O–H groups in total. The number of unbranched alkanes of at least 4 members (excludes halogenated alkanes) is 5. The third kappa shape index (κ3) is 6.11. The summed E-state index contributed by atoms with van der Waals surface area (Å²) < 4.78 is 0. The van der Waals surface area contributed by atoms with Crippen molar-refractivity contribution in [3.05, 3.63) is 41.6 Å². The second kappa shape index (κ2) is 11.6. The van der Waals surface area contributed by atoms with Gasteiger partial charge >= 0.3 is 0 Å². The van der Waals surface area contributed by atoms with E-state index in [1.807, 2.05) is 23.1 Å². The van der Waals surface area contributed by atoms with E-state index in [4.69, 9.17) is 9.97 Å². The quantitative estimate of drug-likeness (QED) is 0.527. The van der Waals surface area contributed by atoms with Crippen molar-refractivity contribution in [2.75, 3.05) is 44.7 Å². The SMILES string of the molecule is CCCCCCCCC(=O)N1CCc2nc(-c3ccccc3)nc(N3CCN(C)CC3)c2C1. The monoisotopic (exact) mass is 449 g/mol. The smallest absolute Gasteiger partial charge is 0.222 e. The lowest BCUT2D eigenvalue weighted by Crippen LogP contribution is -2.46. The molecule has 2 aliphatic heterocycles. The van der Waals surface area contributed by atoms with E-state index in [0.717, 1.165) is 80.4 Å². The van der Waals surface area contributed by atoms with Crippen molar-refractivity contribution in [3.8, 4) is 11.4 Å². The van der Waals surface area contributed by atoms with Crippen molar-refractivity contribution in [1.29, 1.82) is 0 Å².